The summed E-state index contributed by atoms with van der Waals surface area (Å²) >= 11 is 0. The molecule has 13 heteroatoms. The molecule has 0 heterocycles. The molecule has 0 aliphatic carbocycles. The van der Waals surface area contributed by atoms with E-state index >= 15 is 0 Å². The maximum Gasteiger partial charge on any atom is 0.326 e. The minimum absolute atomic E-state index is 0.255. The van der Waals surface area contributed by atoms with E-state index in [0.717, 1.165) is 0 Å². The van der Waals surface area contributed by atoms with Gasteiger partial charge in [-0.2, -0.15) is 0 Å². The number of unbranched alkanes of at least 4 members (excludes halogenated alkanes) is 1. The Morgan fingerprint density at radius 2 is 1.63 bits per heavy atom. The van der Waals surface area contributed by atoms with E-state index in [1.54, 1.807) is 0 Å². The van der Waals surface area contributed by atoms with Gasteiger partial charge in [0.15, 0.2) is 0 Å². The minimum Gasteiger partial charge on any atom is -0.480 e. The second-order valence-corrected chi connectivity index (χ2v) is 6.80. The van der Waals surface area contributed by atoms with E-state index < -0.39 is 60.4 Å². The molecule has 0 radical (unpaired) electrons. The number of primary amides is 1. The van der Waals surface area contributed by atoms with Crippen LogP contribution in [0.15, 0.2) is 0 Å². The van der Waals surface area contributed by atoms with Crippen molar-refractivity contribution in [2.45, 2.75) is 63.3 Å². The first-order chi connectivity index (χ1) is 14.0. The highest BCUT2D eigenvalue weighted by Crippen LogP contribution is 2.01. The predicted molar refractivity (Wildman–Crippen MR) is 105 cm³/mol. The van der Waals surface area contributed by atoms with E-state index in [9.17, 15) is 29.1 Å². The highest BCUT2D eigenvalue weighted by atomic mass is 16.4. The van der Waals surface area contributed by atoms with E-state index in [1.165, 1.54) is 6.92 Å². The lowest BCUT2D eigenvalue weighted by Gasteiger charge is -2.23. The minimum atomic E-state index is -1.48. The second-order valence-electron chi connectivity index (χ2n) is 6.80. The van der Waals surface area contributed by atoms with Crippen molar-refractivity contribution in [2.24, 2.45) is 17.2 Å². The van der Waals surface area contributed by atoms with Crippen LogP contribution < -0.4 is 33.2 Å². The molecule has 0 bridgehead atoms. The summed E-state index contributed by atoms with van der Waals surface area (Å²) in [7, 11) is 0. The van der Waals surface area contributed by atoms with Gasteiger partial charge >= 0.3 is 5.97 Å². The Balaban J connectivity index is 4.73. The zero-order valence-corrected chi connectivity index (χ0v) is 16.9. The van der Waals surface area contributed by atoms with Crippen LogP contribution in [0.25, 0.3) is 0 Å². The van der Waals surface area contributed by atoms with Crippen molar-refractivity contribution >= 4 is 29.6 Å². The lowest BCUT2D eigenvalue weighted by Crippen LogP contribution is -2.57. The molecule has 0 saturated carbocycles. The molecule has 172 valence electrons. The number of carboxylic acid groups (broad SMARTS) is 1. The van der Waals surface area contributed by atoms with Gasteiger partial charge in [-0.15, -0.1) is 0 Å². The van der Waals surface area contributed by atoms with Crippen LogP contribution in [0.5, 0.6) is 0 Å². The number of hydrogen-bond donors (Lipinski definition) is 8. The van der Waals surface area contributed by atoms with Crippen molar-refractivity contribution in [3.63, 3.8) is 0 Å². The smallest absolute Gasteiger partial charge is 0.326 e. The summed E-state index contributed by atoms with van der Waals surface area (Å²) in [5, 5.41) is 25.6. The van der Waals surface area contributed by atoms with Gasteiger partial charge in [0.1, 0.15) is 12.1 Å². The fourth-order valence-corrected chi connectivity index (χ4v) is 2.37. The molecular formula is C17H32N6O7. The number of nitrogens with one attached hydrogen (secondary N) is 3. The Kier molecular flexibility index (Phi) is 12.9. The Morgan fingerprint density at radius 1 is 1.00 bits per heavy atom. The van der Waals surface area contributed by atoms with Gasteiger partial charge in [0.2, 0.25) is 23.6 Å². The van der Waals surface area contributed by atoms with E-state index in [-0.39, 0.29) is 12.8 Å². The van der Waals surface area contributed by atoms with Crippen molar-refractivity contribution in [1.82, 2.24) is 16.0 Å². The number of hydrogen-bond acceptors (Lipinski definition) is 8. The number of aliphatic hydroxyl groups is 1. The SMILES string of the molecule is CC(O)C(NC(=O)CNC(=O)C(N)CCCCN)C(=O)NC(CCC(N)=O)C(=O)O. The quantitative estimate of drug-likeness (QED) is 0.118. The van der Waals surface area contributed by atoms with Crippen molar-refractivity contribution in [3.05, 3.63) is 0 Å². The van der Waals surface area contributed by atoms with E-state index in [0.29, 0.717) is 25.8 Å². The van der Waals surface area contributed by atoms with Crippen LogP contribution in [0.1, 0.15) is 39.0 Å². The van der Waals surface area contributed by atoms with Crippen LogP contribution in [0.3, 0.4) is 0 Å². The van der Waals surface area contributed by atoms with Crippen LogP contribution >= 0.6 is 0 Å². The maximum atomic E-state index is 12.3. The first-order valence-corrected chi connectivity index (χ1v) is 9.51. The van der Waals surface area contributed by atoms with Gasteiger partial charge in [0, 0.05) is 6.42 Å². The Morgan fingerprint density at radius 3 is 2.13 bits per heavy atom. The fraction of sp³-hybridized carbons (Fsp3) is 0.706. The van der Waals surface area contributed by atoms with Crippen molar-refractivity contribution in [1.29, 1.82) is 0 Å². The zero-order chi connectivity index (χ0) is 23.3. The number of carbonyl (C=O) groups excluding carboxylic acids is 4. The van der Waals surface area contributed by atoms with Gasteiger partial charge in [0.25, 0.3) is 0 Å². The molecule has 4 atom stereocenters. The maximum absolute atomic E-state index is 12.3. The molecule has 0 saturated heterocycles. The Labute approximate surface area is 174 Å². The topological polar surface area (TPSA) is 240 Å². The predicted octanol–water partition coefficient (Wildman–Crippen LogP) is -3.74. The summed E-state index contributed by atoms with van der Waals surface area (Å²) in [5.41, 5.74) is 16.0. The summed E-state index contributed by atoms with van der Waals surface area (Å²) in [6.45, 7) is 1.20. The molecule has 0 aliphatic rings. The normalized spacial score (nSPS) is 14.7. The van der Waals surface area contributed by atoms with Gasteiger partial charge < -0.3 is 43.4 Å². The molecule has 30 heavy (non-hydrogen) atoms. The summed E-state index contributed by atoms with van der Waals surface area (Å²) in [6.07, 6.45) is -0.139. The molecule has 0 aromatic rings. The number of nitrogens with two attached hydrogens (primary N) is 3. The lowest BCUT2D eigenvalue weighted by molar-refractivity contribution is -0.143. The van der Waals surface area contributed by atoms with Gasteiger partial charge in [-0.25, -0.2) is 4.79 Å². The highest BCUT2D eigenvalue weighted by molar-refractivity contribution is 5.93. The van der Waals surface area contributed by atoms with Crippen LogP contribution in [0.4, 0.5) is 0 Å². The molecule has 11 N–H and O–H groups in total. The molecule has 4 amide bonds. The van der Waals surface area contributed by atoms with Crippen molar-refractivity contribution in [2.75, 3.05) is 13.1 Å². The third-order valence-corrected chi connectivity index (χ3v) is 4.10. The lowest BCUT2D eigenvalue weighted by atomic mass is 10.1. The largest absolute Gasteiger partial charge is 0.480 e. The first-order valence-electron chi connectivity index (χ1n) is 9.51. The second kappa shape index (κ2) is 14.3. The number of carbonyl (C=O) groups is 5. The van der Waals surface area contributed by atoms with E-state index in [2.05, 4.69) is 16.0 Å². The van der Waals surface area contributed by atoms with Gasteiger partial charge in [-0.05, 0) is 32.7 Å². The third-order valence-electron chi connectivity index (χ3n) is 4.10. The van der Waals surface area contributed by atoms with Crippen molar-refractivity contribution in [3.8, 4) is 0 Å². The zero-order valence-electron chi connectivity index (χ0n) is 16.9. The third kappa shape index (κ3) is 11.3. The Bertz CT molecular complexity index is 613. The summed E-state index contributed by atoms with van der Waals surface area (Å²) < 4.78 is 0. The molecular weight excluding hydrogens is 400 g/mol. The summed E-state index contributed by atoms with van der Waals surface area (Å²) in [5.74, 6) is -4.47. The van der Waals surface area contributed by atoms with Crippen LogP contribution in [0, 0.1) is 0 Å². The first kappa shape index (κ1) is 27.2. The number of amides is 4. The van der Waals surface area contributed by atoms with Gasteiger partial charge in [-0.3, -0.25) is 19.2 Å². The number of aliphatic carboxylic acids is 1. The number of rotatable bonds is 15. The molecule has 0 fully saturated rings. The van der Waals surface area contributed by atoms with E-state index in [4.69, 9.17) is 22.3 Å². The average Bonchev–Trinajstić information content (AvgIpc) is 2.66. The molecule has 0 rings (SSSR count). The molecule has 0 aliphatic heterocycles. The van der Waals surface area contributed by atoms with Crippen LogP contribution in [-0.4, -0.2) is 77.1 Å². The molecule has 0 spiro atoms. The number of aliphatic hydroxyl groups excluding tert-OH is 1. The fourth-order valence-electron chi connectivity index (χ4n) is 2.37. The highest BCUT2D eigenvalue weighted by Gasteiger charge is 2.30. The summed E-state index contributed by atoms with van der Waals surface area (Å²) in [4.78, 5) is 58.2. The molecule has 0 aromatic carbocycles. The monoisotopic (exact) mass is 432 g/mol. The van der Waals surface area contributed by atoms with E-state index in [1.807, 2.05) is 0 Å². The van der Waals surface area contributed by atoms with Crippen molar-refractivity contribution < 1.29 is 34.2 Å². The van der Waals surface area contributed by atoms with Crippen LogP contribution in [-0.2, 0) is 24.0 Å². The average molecular weight is 432 g/mol. The number of carboxylic acids is 1. The molecule has 0 aromatic heterocycles. The van der Waals surface area contributed by atoms with Gasteiger partial charge in [-0.1, -0.05) is 6.42 Å². The standard InChI is InChI=1S/C17H32N6O7/c1-9(24)14(16(28)22-11(17(29)30)5-6-12(20)25)23-13(26)8-21-15(27)10(19)4-2-3-7-18/h9-11,14,24H,2-8,18-19H2,1H3,(H2,20,25)(H,21,27)(H,22,28)(H,23,26)(H,29,30). The Hall–Kier alpha value is -2.77. The molecule has 13 nitrogen and oxygen atoms in total. The molecule has 4 unspecified atom stereocenters. The summed E-state index contributed by atoms with van der Waals surface area (Å²) in [6, 6.07) is -3.74. The van der Waals surface area contributed by atoms with Crippen LogP contribution in [0.2, 0.25) is 0 Å². The van der Waals surface area contributed by atoms with Gasteiger partial charge in [0.05, 0.1) is 18.7 Å².